The number of ether oxygens (including phenoxy) is 1. The maximum atomic E-state index is 11.2. The van der Waals surface area contributed by atoms with Crippen molar-refractivity contribution < 1.29 is 34.2 Å². The number of phenols is 1. The number of hydrogen-bond donors (Lipinski definition) is 1. The van der Waals surface area contributed by atoms with Crippen molar-refractivity contribution in [1.82, 2.24) is 0 Å². The van der Waals surface area contributed by atoms with Gasteiger partial charge in [0.15, 0.2) is 0 Å². The van der Waals surface area contributed by atoms with Crippen molar-refractivity contribution in [3.63, 3.8) is 0 Å². The first-order valence-electron chi connectivity index (χ1n) is 5.27. The smallest absolute Gasteiger partial charge is 0.850 e. The van der Waals surface area contributed by atoms with Gasteiger partial charge < -0.3 is 65.3 Å². The van der Waals surface area contributed by atoms with E-state index in [1.165, 1.54) is 18.2 Å². The van der Waals surface area contributed by atoms with Crippen LogP contribution in [0.3, 0.4) is 0 Å². The molecule has 1 aromatic rings. The fourth-order valence-corrected chi connectivity index (χ4v) is 0.859. The molecule has 0 aliphatic carbocycles. The molecule has 0 aliphatic heterocycles. The molecule has 26 heavy (non-hydrogen) atoms. The Labute approximate surface area is 262 Å². The summed E-state index contributed by atoms with van der Waals surface area (Å²) < 4.78 is 4.74. The number of benzene rings is 1. The van der Waals surface area contributed by atoms with Gasteiger partial charge in [-0.2, -0.15) is 23.6 Å². The van der Waals surface area contributed by atoms with Crippen molar-refractivity contribution in [3.8, 4) is 5.75 Å². The van der Waals surface area contributed by atoms with Gasteiger partial charge in [0, 0.05) is 0 Å². The monoisotopic (exact) mass is 552 g/mol. The third-order valence-electron chi connectivity index (χ3n) is 1.46. The van der Waals surface area contributed by atoms with Crippen molar-refractivity contribution in [2.75, 3.05) is 6.61 Å². The van der Waals surface area contributed by atoms with E-state index in [1.54, 1.807) is 12.1 Å². The Kier molecular flexibility index (Phi) is 34.1. The van der Waals surface area contributed by atoms with Crippen LogP contribution in [-0.4, -0.2) is 131 Å². The third kappa shape index (κ3) is 38.5. The summed E-state index contributed by atoms with van der Waals surface area (Å²) in [5.74, 6) is -0.616. The largest absolute Gasteiger partial charge is 2.00 e. The van der Waals surface area contributed by atoms with Crippen LogP contribution in [0.15, 0.2) is 36.9 Å². The average Bonchev–Trinajstić information content (AvgIpc) is 2.32. The minimum absolute atomic E-state index is 0. The molecule has 132 valence electrons. The first-order chi connectivity index (χ1) is 10.3. The minimum atomic E-state index is -3.72. The van der Waals surface area contributed by atoms with Crippen molar-refractivity contribution >= 4 is 179 Å². The first kappa shape index (κ1) is 40.2. The summed E-state index contributed by atoms with van der Waals surface area (Å²) in [5.41, 5.74) is -7.27. The second-order valence-corrected chi connectivity index (χ2v) is 12.2. The molecule has 7 nitrogen and oxygen atoms in total. The summed E-state index contributed by atoms with van der Waals surface area (Å²) in [4.78, 5) is 48.4. The number of esters is 1. The van der Waals surface area contributed by atoms with Gasteiger partial charge in [-0.05, 0) is 12.1 Å². The second kappa shape index (κ2) is 22.1. The van der Waals surface area contributed by atoms with Crippen LogP contribution in [0.4, 0.5) is 0 Å². The van der Waals surface area contributed by atoms with Gasteiger partial charge in [0.1, 0.15) is 17.9 Å². The molecule has 0 aromatic heterocycles. The number of hydrogen-bond acceptors (Lipinski definition) is 11. The molecule has 0 aliphatic rings. The third-order valence-corrected chi connectivity index (χ3v) is 1.46. The number of carbonyl (C=O) groups excluding carboxylic acids is 1. The van der Waals surface area contributed by atoms with Crippen LogP contribution in [0.2, 0.25) is 0 Å². The Morgan fingerprint density at radius 2 is 1.46 bits per heavy atom. The minimum Gasteiger partial charge on any atom is -0.850 e. The number of phenolic OH excluding ortho intramolecular Hbond substituents is 1. The van der Waals surface area contributed by atoms with Crippen LogP contribution in [0.1, 0.15) is 10.4 Å². The Balaban J connectivity index is -0.0000000967. The molecular formula is C10H10Ca3O7P2S4. The van der Waals surface area contributed by atoms with Gasteiger partial charge in [0.25, 0.3) is 0 Å². The van der Waals surface area contributed by atoms with Crippen molar-refractivity contribution in [1.29, 1.82) is 0 Å². The molecule has 0 spiro atoms. The number of carbonyl (C=O) groups is 1. The van der Waals surface area contributed by atoms with E-state index in [-0.39, 0.29) is 131 Å². The van der Waals surface area contributed by atoms with Gasteiger partial charge in [0.2, 0.25) is 0 Å². The van der Waals surface area contributed by atoms with Crippen LogP contribution >= 0.6 is 11.4 Å². The predicted molar refractivity (Wildman–Crippen MR) is 109 cm³/mol. The van der Waals surface area contributed by atoms with Gasteiger partial charge in [-0.1, -0.05) is 24.8 Å². The Morgan fingerprint density at radius 1 is 1.12 bits per heavy atom. The summed E-state index contributed by atoms with van der Waals surface area (Å²) in [6, 6.07) is 6.23. The zero-order valence-corrected chi connectivity index (χ0v) is 25.0. The van der Waals surface area contributed by atoms with Crippen LogP contribution < -0.4 is 19.6 Å². The van der Waals surface area contributed by atoms with Crippen molar-refractivity contribution in [3.05, 3.63) is 42.5 Å². The van der Waals surface area contributed by atoms with E-state index in [0.717, 1.165) is 0 Å². The predicted octanol–water partition coefficient (Wildman–Crippen LogP) is -2.45. The normalized spacial score (nSPS) is 9.15. The Morgan fingerprint density at radius 3 is 1.77 bits per heavy atom. The summed E-state index contributed by atoms with van der Waals surface area (Å²) in [6.45, 7) is 3.56. The zero-order valence-electron chi connectivity index (χ0n) is 13.3. The van der Waals surface area contributed by atoms with E-state index in [4.69, 9.17) is 4.74 Å². The number of para-hydroxylation sites is 1. The molecule has 0 bridgehead atoms. The molecule has 0 unspecified atom stereocenters. The van der Waals surface area contributed by atoms with Crippen LogP contribution in [0.5, 0.6) is 5.75 Å². The SMILES string of the molecule is C=CCOC(=O)c1ccccc1O.[Ca+2].[Ca+2].[Ca+2].[O-]P([O-])(=S)[S-].[O-]P([O-])(=S)[S-]. The summed E-state index contributed by atoms with van der Waals surface area (Å²) in [6.07, 6.45) is 1.47. The van der Waals surface area contributed by atoms with E-state index in [1.807, 2.05) is 0 Å². The first-order valence-corrected chi connectivity index (χ1v) is 12.6. The summed E-state index contributed by atoms with van der Waals surface area (Å²) in [5, 5.41) is 9.25. The van der Waals surface area contributed by atoms with Gasteiger partial charge in [-0.25, -0.2) is 4.79 Å². The fraction of sp³-hybridized carbons (Fsp3) is 0.100. The zero-order chi connectivity index (χ0) is 18.7. The van der Waals surface area contributed by atoms with Gasteiger partial charge in [0.05, 0.1) is 0 Å². The quantitative estimate of drug-likeness (QED) is 0.141. The standard InChI is InChI=1S/C10H10O3.3Ca.2H3O2PS2/c1-2-7-13-10(12)8-5-3-4-6-9(8)11;;;;2*1-3(2,4)5/h2-6,11H,1,7H2;;;;2*(H3,1,2,4,5)/q;3*+2;;/p-6. The van der Waals surface area contributed by atoms with E-state index in [9.17, 15) is 29.5 Å². The molecule has 0 fully saturated rings. The van der Waals surface area contributed by atoms with Crippen molar-refractivity contribution in [2.45, 2.75) is 0 Å². The number of rotatable bonds is 3. The van der Waals surface area contributed by atoms with Crippen LogP contribution in [0, 0.1) is 0 Å². The molecule has 0 saturated carbocycles. The summed E-state index contributed by atoms with van der Waals surface area (Å²) >= 11 is 14.6. The maximum Gasteiger partial charge on any atom is 2.00 e. The molecule has 0 heterocycles. The van der Waals surface area contributed by atoms with E-state index < -0.39 is 17.4 Å². The second-order valence-electron chi connectivity index (χ2n) is 3.30. The van der Waals surface area contributed by atoms with E-state index in [2.05, 4.69) is 54.7 Å². The van der Waals surface area contributed by atoms with Crippen LogP contribution in [0.25, 0.3) is 0 Å². The average molecular weight is 553 g/mol. The van der Waals surface area contributed by atoms with Gasteiger partial charge in [-0.15, -0.1) is 0 Å². The Bertz CT molecular complexity index is 576. The summed E-state index contributed by atoms with van der Waals surface area (Å²) in [7, 11) is 0. The van der Waals surface area contributed by atoms with E-state index >= 15 is 0 Å². The topological polar surface area (TPSA) is 139 Å². The van der Waals surface area contributed by atoms with Gasteiger partial charge in [-0.3, -0.25) is 0 Å². The van der Waals surface area contributed by atoms with E-state index in [0.29, 0.717) is 0 Å². The van der Waals surface area contributed by atoms with Gasteiger partial charge >= 0.3 is 119 Å². The van der Waals surface area contributed by atoms with Crippen LogP contribution in [-0.2, 0) is 52.8 Å². The molecule has 1 N–H and O–H groups in total. The molecule has 0 saturated heterocycles. The molecule has 0 amide bonds. The number of aromatic hydroxyl groups is 1. The fourth-order valence-electron chi connectivity index (χ4n) is 0.859. The molecule has 0 radical (unpaired) electrons. The molecule has 16 heteroatoms. The molecule has 1 aromatic carbocycles. The molecular weight excluding hydrogens is 543 g/mol. The van der Waals surface area contributed by atoms with Crippen molar-refractivity contribution in [2.24, 2.45) is 0 Å². The Hall–Kier alpha value is 3.85. The molecule has 1 rings (SSSR count). The molecule has 0 atom stereocenters. The maximum absolute atomic E-state index is 11.2.